The first kappa shape index (κ1) is 22.1. The molecule has 2 heterocycles. The van der Waals surface area contributed by atoms with Crippen LogP contribution in [0.5, 0.6) is 0 Å². The van der Waals surface area contributed by atoms with Gasteiger partial charge in [0, 0.05) is 29.8 Å². The second-order valence-corrected chi connectivity index (χ2v) is 8.99. The first-order valence-corrected chi connectivity index (χ1v) is 11.5. The zero-order valence-corrected chi connectivity index (χ0v) is 19.1. The van der Waals surface area contributed by atoms with Crippen molar-refractivity contribution in [1.29, 1.82) is 0 Å². The molecule has 1 aromatic heterocycles. The summed E-state index contributed by atoms with van der Waals surface area (Å²) in [6.45, 7) is 8.67. The van der Waals surface area contributed by atoms with Crippen LogP contribution in [0.3, 0.4) is 0 Å². The standard InChI is InChI=1S/C28H31FN2O/c1-20(2)27-25(10-7-19-32)26(22-11-13-24(29)14-12-22)28(23-8-5-4-6-9-23)31(27)30-17-15-21(3)16-18-30/h4-14,19-21H,15-18H2,1-3H3. The number of rotatable bonds is 6. The van der Waals surface area contributed by atoms with E-state index in [9.17, 15) is 9.18 Å². The van der Waals surface area contributed by atoms with Crippen molar-refractivity contribution in [2.24, 2.45) is 5.92 Å². The predicted octanol–water partition coefficient (Wildman–Crippen LogP) is 6.66. The van der Waals surface area contributed by atoms with E-state index in [0.29, 0.717) is 0 Å². The van der Waals surface area contributed by atoms with E-state index in [1.807, 2.05) is 24.3 Å². The maximum absolute atomic E-state index is 13.8. The van der Waals surface area contributed by atoms with Crippen LogP contribution in [0, 0.1) is 11.7 Å². The van der Waals surface area contributed by atoms with E-state index in [2.05, 4.69) is 54.7 Å². The van der Waals surface area contributed by atoms with Gasteiger partial charge in [-0.3, -0.25) is 9.47 Å². The Labute approximate surface area is 190 Å². The summed E-state index contributed by atoms with van der Waals surface area (Å²) in [5.41, 5.74) is 6.39. The Kier molecular flexibility index (Phi) is 6.59. The summed E-state index contributed by atoms with van der Waals surface area (Å²) in [7, 11) is 0. The number of carbonyl (C=O) groups is 1. The Bertz CT molecular complexity index is 1090. The molecular formula is C28H31FN2O. The van der Waals surface area contributed by atoms with E-state index in [4.69, 9.17) is 0 Å². The molecule has 32 heavy (non-hydrogen) atoms. The third-order valence-electron chi connectivity index (χ3n) is 6.33. The summed E-state index contributed by atoms with van der Waals surface area (Å²) in [6.07, 6.45) is 6.59. The first-order valence-electron chi connectivity index (χ1n) is 11.5. The summed E-state index contributed by atoms with van der Waals surface area (Å²) in [5.74, 6) is 0.696. The highest BCUT2D eigenvalue weighted by atomic mass is 19.1. The van der Waals surface area contributed by atoms with Crippen molar-refractivity contribution < 1.29 is 9.18 Å². The van der Waals surface area contributed by atoms with Crippen LogP contribution >= 0.6 is 0 Å². The number of carbonyl (C=O) groups excluding carboxylic acids is 1. The van der Waals surface area contributed by atoms with Crippen LogP contribution in [0.4, 0.5) is 4.39 Å². The van der Waals surface area contributed by atoms with Gasteiger partial charge in [0.1, 0.15) is 12.1 Å². The molecule has 0 aliphatic carbocycles. The molecule has 0 spiro atoms. The Balaban J connectivity index is 2.08. The van der Waals surface area contributed by atoms with Gasteiger partial charge in [-0.2, -0.15) is 0 Å². The number of hydrogen-bond donors (Lipinski definition) is 0. The van der Waals surface area contributed by atoms with Gasteiger partial charge in [0.05, 0.1) is 11.4 Å². The fourth-order valence-electron chi connectivity index (χ4n) is 4.72. The van der Waals surface area contributed by atoms with Crippen LogP contribution in [0.1, 0.15) is 50.8 Å². The number of hydrogen-bond acceptors (Lipinski definition) is 2. The molecule has 3 aromatic rings. The van der Waals surface area contributed by atoms with Crippen molar-refractivity contribution >= 4 is 12.4 Å². The average Bonchev–Trinajstić information content (AvgIpc) is 3.14. The van der Waals surface area contributed by atoms with Gasteiger partial charge in [-0.05, 0) is 54.5 Å². The van der Waals surface area contributed by atoms with Crippen molar-refractivity contribution in [3.05, 3.63) is 77.7 Å². The van der Waals surface area contributed by atoms with Gasteiger partial charge in [0.2, 0.25) is 0 Å². The van der Waals surface area contributed by atoms with Crippen molar-refractivity contribution in [2.45, 2.75) is 39.5 Å². The lowest BCUT2D eigenvalue weighted by molar-refractivity contribution is -0.104. The monoisotopic (exact) mass is 430 g/mol. The third-order valence-corrected chi connectivity index (χ3v) is 6.33. The van der Waals surface area contributed by atoms with Gasteiger partial charge >= 0.3 is 0 Å². The zero-order valence-electron chi connectivity index (χ0n) is 19.1. The van der Waals surface area contributed by atoms with Gasteiger partial charge in [-0.25, -0.2) is 4.39 Å². The van der Waals surface area contributed by atoms with E-state index < -0.39 is 0 Å². The molecule has 2 aromatic carbocycles. The molecule has 0 unspecified atom stereocenters. The largest absolute Gasteiger partial charge is 0.312 e. The maximum Gasteiger partial charge on any atom is 0.142 e. The summed E-state index contributed by atoms with van der Waals surface area (Å²) in [5, 5.41) is 2.45. The van der Waals surface area contributed by atoms with Gasteiger partial charge in [0.15, 0.2) is 0 Å². The lowest BCUT2D eigenvalue weighted by Crippen LogP contribution is -2.42. The molecule has 3 nitrogen and oxygen atoms in total. The van der Waals surface area contributed by atoms with E-state index in [1.165, 1.54) is 17.8 Å². The Morgan fingerprint density at radius 3 is 2.22 bits per heavy atom. The van der Waals surface area contributed by atoms with Crippen LogP contribution in [0.25, 0.3) is 28.5 Å². The summed E-state index contributed by atoms with van der Waals surface area (Å²) in [6, 6.07) is 17.1. The second-order valence-electron chi connectivity index (χ2n) is 8.99. The topological polar surface area (TPSA) is 25.2 Å². The minimum absolute atomic E-state index is 0.234. The number of benzene rings is 2. The lowest BCUT2D eigenvalue weighted by atomic mass is 9.94. The van der Waals surface area contributed by atoms with Gasteiger partial charge < -0.3 is 5.01 Å². The van der Waals surface area contributed by atoms with Crippen LogP contribution in [0.2, 0.25) is 0 Å². The number of aldehydes is 1. The van der Waals surface area contributed by atoms with Gasteiger partial charge in [-0.1, -0.05) is 63.2 Å². The molecule has 0 bridgehead atoms. The summed E-state index contributed by atoms with van der Waals surface area (Å²) >= 11 is 0. The maximum atomic E-state index is 13.8. The van der Waals surface area contributed by atoms with Crippen molar-refractivity contribution in [3.8, 4) is 22.4 Å². The smallest absolute Gasteiger partial charge is 0.142 e. The number of allylic oxidation sites excluding steroid dienone is 1. The van der Waals surface area contributed by atoms with Crippen molar-refractivity contribution in [2.75, 3.05) is 18.1 Å². The quantitative estimate of drug-likeness (QED) is 0.322. The average molecular weight is 431 g/mol. The van der Waals surface area contributed by atoms with Gasteiger partial charge in [-0.15, -0.1) is 0 Å². The molecule has 0 radical (unpaired) electrons. The van der Waals surface area contributed by atoms with Crippen LogP contribution in [0.15, 0.2) is 60.7 Å². The van der Waals surface area contributed by atoms with E-state index >= 15 is 0 Å². The predicted molar refractivity (Wildman–Crippen MR) is 131 cm³/mol. The van der Waals surface area contributed by atoms with Crippen LogP contribution in [-0.2, 0) is 4.79 Å². The Morgan fingerprint density at radius 1 is 0.969 bits per heavy atom. The molecule has 166 valence electrons. The second kappa shape index (κ2) is 9.56. The molecule has 1 fully saturated rings. The SMILES string of the molecule is CC1CCN(n2c(-c3ccccc3)c(-c3ccc(F)cc3)c(C=CC=O)c2C(C)C)CC1. The zero-order chi connectivity index (χ0) is 22.7. The number of halogens is 1. The highest BCUT2D eigenvalue weighted by molar-refractivity contribution is 5.92. The Hall–Kier alpha value is -3.14. The van der Waals surface area contributed by atoms with Gasteiger partial charge in [0.25, 0.3) is 0 Å². The van der Waals surface area contributed by atoms with Crippen LogP contribution < -0.4 is 5.01 Å². The molecule has 0 atom stereocenters. The fraction of sp³-hybridized carbons (Fsp3) is 0.321. The molecule has 0 amide bonds. The van der Waals surface area contributed by atoms with E-state index in [1.54, 1.807) is 6.08 Å². The minimum atomic E-state index is -0.256. The number of nitrogens with zero attached hydrogens (tertiary/aromatic N) is 2. The lowest BCUT2D eigenvalue weighted by Gasteiger charge is -2.36. The minimum Gasteiger partial charge on any atom is -0.312 e. The summed E-state index contributed by atoms with van der Waals surface area (Å²) < 4.78 is 16.2. The van der Waals surface area contributed by atoms with Crippen molar-refractivity contribution in [1.82, 2.24) is 4.68 Å². The molecule has 0 saturated carbocycles. The van der Waals surface area contributed by atoms with E-state index in [0.717, 1.165) is 66.1 Å². The molecule has 0 N–H and O–H groups in total. The number of piperidine rings is 1. The fourth-order valence-corrected chi connectivity index (χ4v) is 4.72. The molecule has 4 rings (SSSR count). The molecular weight excluding hydrogens is 399 g/mol. The van der Waals surface area contributed by atoms with Crippen LogP contribution in [-0.4, -0.2) is 24.1 Å². The van der Waals surface area contributed by atoms with Crippen molar-refractivity contribution in [3.63, 3.8) is 0 Å². The highest BCUT2D eigenvalue weighted by Crippen LogP contribution is 2.43. The Morgan fingerprint density at radius 2 is 1.62 bits per heavy atom. The molecule has 1 aliphatic rings. The number of aromatic nitrogens is 1. The molecule has 1 aliphatic heterocycles. The first-order chi connectivity index (χ1) is 15.5. The summed E-state index contributed by atoms with van der Waals surface area (Å²) in [4.78, 5) is 11.3. The molecule has 1 saturated heterocycles. The van der Waals surface area contributed by atoms with E-state index in [-0.39, 0.29) is 11.7 Å². The highest BCUT2D eigenvalue weighted by Gasteiger charge is 2.29. The normalized spacial score (nSPS) is 15.1. The third kappa shape index (κ3) is 4.27. The molecule has 4 heteroatoms.